The molecule has 0 aliphatic rings. The molecule has 0 saturated heterocycles. The fourth-order valence-corrected chi connectivity index (χ4v) is 3.14. The Morgan fingerprint density at radius 3 is 2.35 bits per heavy atom. The summed E-state index contributed by atoms with van der Waals surface area (Å²) in [5, 5.41) is 9.19. The number of halogens is 3. The Bertz CT molecular complexity index is 1190. The first kappa shape index (κ1) is 22.0. The molecule has 3 aromatic rings. The van der Waals surface area contributed by atoms with Gasteiger partial charge in [0.2, 0.25) is 10.0 Å². The van der Waals surface area contributed by atoms with Gasteiger partial charge >= 0.3 is 6.18 Å². The maximum atomic E-state index is 12.6. The third kappa shape index (κ3) is 5.09. The molecule has 0 unspecified atom stereocenters. The summed E-state index contributed by atoms with van der Waals surface area (Å²) in [6, 6.07) is 6.02. The second-order valence-corrected chi connectivity index (χ2v) is 8.19. The lowest BCUT2D eigenvalue weighted by molar-refractivity contribution is -0.141. The molecule has 0 radical (unpaired) electrons. The fraction of sp³-hybridized carbons (Fsp3) is 0.176. The van der Waals surface area contributed by atoms with Crippen LogP contribution in [0.5, 0.6) is 0 Å². The number of sulfonamides is 1. The number of hydrogen-bond acceptors (Lipinski definition) is 7. The molecule has 14 heteroatoms. The molecule has 0 aliphatic heterocycles. The van der Waals surface area contributed by atoms with E-state index in [-0.39, 0.29) is 28.6 Å². The van der Waals surface area contributed by atoms with Crippen LogP contribution in [0, 0.1) is 0 Å². The average molecular weight is 455 g/mol. The molecule has 0 fully saturated rings. The molecule has 3 rings (SSSR count). The van der Waals surface area contributed by atoms with Crippen LogP contribution in [0.25, 0.3) is 11.3 Å². The van der Waals surface area contributed by atoms with E-state index in [1.807, 2.05) is 0 Å². The summed E-state index contributed by atoms with van der Waals surface area (Å²) >= 11 is 0. The van der Waals surface area contributed by atoms with Crippen molar-refractivity contribution in [3.8, 4) is 11.3 Å². The van der Waals surface area contributed by atoms with Crippen molar-refractivity contribution in [1.82, 2.24) is 20.2 Å². The lowest BCUT2D eigenvalue weighted by Gasteiger charge is -2.08. The summed E-state index contributed by atoms with van der Waals surface area (Å²) in [7, 11) is -3.45. The minimum Gasteiger partial charge on any atom is -0.365 e. The minimum atomic E-state index is -4.64. The number of H-pyrrole nitrogens is 1. The lowest BCUT2D eigenvalue weighted by Crippen LogP contribution is -2.14. The van der Waals surface area contributed by atoms with Gasteiger partial charge in [-0.05, 0) is 19.1 Å². The van der Waals surface area contributed by atoms with E-state index in [2.05, 4.69) is 30.2 Å². The highest BCUT2D eigenvalue weighted by Gasteiger charge is 2.32. The zero-order valence-corrected chi connectivity index (χ0v) is 16.7. The fourth-order valence-electron chi connectivity index (χ4n) is 2.50. The van der Waals surface area contributed by atoms with Gasteiger partial charge in [0.15, 0.2) is 5.69 Å². The number of carbonyl (C=O) groups excluding carboxylic acids is 1. The highest BCUT2D eigenvalue weighted by molar-refractivity contribution is 7.92. The van der Waals surface area contributed by atoms with Crippen molar-refractivity contribution in [2.45, 2.75) is 13.1 Å². The molecule has 1 amide bonds. The van der Waals surface area contributed by atoms with Crippen LogP contribution in [0.15, 0.2) is 36.7 Å². The molecule has 0 saturated carbocycles. The number of rotatable bonds is 7. The first-order valence-corrected chi connectivity index (χ1v) is 10.3. The van der Waals surface area contributed by atoms with Crippen molar-refractivity contribution in [3.05, 3.63) is 47.9 Å². The van der Waals surface area contributed by atoms with Gasteiger partial charge in [0.05, 0.1) is 18.1 Å². The number of anilines is 3. The average Bonchev–Trinajstić information content (AvgIpc) is 3.12. The molecule has 0 bridgehead atoms. The SMILES string of the molecule is CCS(=O)(=O)Nc1ccc(-c2n[nH]c(Nc3cnc(C(F)(F)F)cn3)c2C(N)=O)cc1. The van der Waals surface area contributed by atoms with E-state index in [0.29, 0.717) is 17.4 Å². The van der Waals surface area contributed by atoms with Crippen LogP contribution in [0.2, 0.25) is 0 Å². The van der Waals surface area contributed by atoms with E-state index in [4.69, 9.17) is 5.73 Å². The quantitative estimate of drug-likeness (QED) is 0.426. The van der Waals surface area contributed by atoms with Crippen LogP contribution >= 0.6 is 0 Å². The molecular weight excluding hydrogens is 439 g/mol. The molecule has 31 heavy (non-hydrogen) atoms. The van der Waals surface area contributed by atoms with E-state index in [0.717, 1.165) is 6.20 Å². The first-order chi connectivity index (χ1) is 14.5. The molecule has 0 aliphatic carbocycles. The predicted octanol–water partition coefficient (Wildman–Crippen LogP) is 2.49. The standard InChI is InChI=1S/C17H16F3N7O3S/c1-2-31(29,30)27-10-5-3-9(4-6-10)14-13(15(21)28)16(26-25-14)24-12-8-22-11(7-23-12)17(18,19)20/h3-8,27H,2H2,1H3,(H2,21,28)(H2,23,24,25,26). The van der Waals surface area contributed by atoms with E-state index < -0.39 is 27.8 Å². The van der Waals surface area contributed by atoms with Crippen molar-refractivity contribution in [3.63, 3.8) is 0 Å². The second kappa shape index (κ2) is 8.22. The summed E-state index contributed by atoms with van der Waals surface area (Å²) in [5.74, 6) is -1.02. The Balaban J connectivity index is 1.88. The number of primary amides is 1. The van der Waals surface area contributed by atoms with Gasteiger partial charge in [0.1, 0.15) is 22.9 Å². The molecule has 1 aromatic carbocycles. The zero-order valence-electron chi connectivity index (χ0n) is 15.9. The van der Waals surface area contributed by atoms with Crippen molar-refractivity contribution >= 4 is 33.3 Å². The number of nitrogens with zero attached hydrogens (tertiary/aromatic N) is 3. The normalized spacial score (nSPS) is 11.9. The Labute approximate surface area is 174 Å². The largest absolute Gasteiger partial charge is 0.434 e. The minimum absolute atomic E-state index is 0.00678. The van der Waals surface area contributed by atoms with Gasteiger partial charge in [-0.15, -0.1) is 0 Å². The summed E-state index contributed by atoms with van der Waals surface area (Å²) < 4.78 is 63.5. The number of benzene rings is 1. The van der Waals surface area contributed by atoms with E-state index in [1.54, 1.807) is 0 Å². The van der Waals surface area contributed by atoms with Crippen molar-refractivity contribution in [2.75, 3.05) is 15.8 Å². The number of carbonyl (C=O) groups is 1. The van der Waals surface area contributed by atoms with Gasteiger partial charge in [0, 0.05) is 11.3 Å². The van der Waals surface area contributed by atoms with Gasteiger partial charge in [-0.1, -0.05) is 12.1 Å². The molecule has 5 N–H and O–H groups in total. The van der Waals surface area contributed by atoms with Crippen LogP contribution in [0.4, 0.5) is 30.5 Å². The third-order valence-corrected chi connectivity index (χ3v) is 5.33. The molecule has 10 nitrogen and oxygen atoms in total. The predicted molar refractivity (Wildman–Crippen MR) is 106 cm³/mol. The number of aromatic nitrogens is 4. The van der Waals surface area contributed by atoms with Crippen molar-refractivity contribution in [1.29, 1.82) is 0 Å². The van der Waals surface area contributed by atoms with Gasteiger partial charge in [-0.3, -0.25) is 14.6 Å². The van der Waals surface area contributed by atoms with Gasteiger partial charge in [-0.2, -0.15) is 18.3 Å². The van der Waals surface area contributed by atoms with Gasteiger partial charge in [-0.25, -0.2) is 18.4 Å². The monoisotopic (exact) mass is 455 g/mol. The van der Waals surface area contributed by atoms with Crippen LogP contribution in [-0.2, 0) is 16.2 Å². The van der Waals surface area contributed by atoms with Gasteiger partial charge in [0.25, 0.3) is 5.91 Å². The van der Waals surface area contributed by atoms with E-state index in [9.17, 15) is 26.4 Å². The van der Waals surface area contributed by atoms with Crippen molar-refractivity contribution < 1.29 is 26.4 Å². The summed E-state index contributed by atoms with van der Waals surface area (Å²) in [4.78, 5) is 18.9. The second-order valence-electron chi connectivity index (χ2n) is 6.18. The van der Waals surface area contributed by atoms with Gasteiger partial charge < -0.3 is 11.1 Å². The molecule has 2 heterocycles. The Hall–Kier alpha value is -3.68. The van der Waals surface area contributed by atoms with E-state index in [1.165, 1.54) is 31.2 Å². The highest BCUT2D eigenvalue weighted by atomic mass is 32.2. The number of hydrogen-bond donors (Lipinski definition) is 4. The van der Waals surface area contributed by atoms with Crippen LogP contribution in [0.1, 0.15) is 23.0 Å². The zero-order chi connectivity index (χ0) is 22.8. The summed E-state index contributed by atoms with van der Waals surface area (Å²) in [5.41, 5.74) is 5.13. The number of nitrogens with two attached hydrogens (primary N) is 1. The molecular formula is C17H16F3N7O3S. The van der Waals surface area contributed by atoms with Crippen LogP contribution in [-0.4, -0.2) is 40.2 Å². The Morgan fingerprint density at radius 2 is 1.84 bits per heavy atom. The molecule has 2 aromatic heterocycles. The van der Waals surface area contributed by atoms with Crippen molar-refractivity contribution in [2.24, 2.45) is 5.73 Å². The topological polar surface area (TPSA) is 156 Å². The maximum absolute atomic E-state index is 12.6. The highest BCUT2D eigenvalue weighted by Crippen LogP contribution is 2.30. The number of amides is 1. The third-order valence-electron chi connectivity index (χ3n) is 4.02. The van der Waals surface area contributed by atoms with Crippen LogP contribution < -0.4 is 15.8 Å². The molecule has 164 valence electrons. The smallest absolute Gasteiger partial charge is 0.365 e. The molecule has 0 atom stereocenters. The lowest BCUT2D eigenvalue weighted by atomic mass is 10.1. The number of aromatic amines is 1. The number of alkyl halides is 3. The van der Waals surface area contributed by atoms with E-state index >= 15 is 0 Å². The first-order valence-electron chi connectivity index (χ1n) is 8.65. The summed E-state index contributed by atoms with van der Waals surface area (Å²) in [6.45, 7) is 1.50. The summed E-state index contributed by atoms with van der Waals surface area (Å²) in [6.07, 6.45) is -3.25. The van der Waals surface area contributed by atoms with Crippen LogP contribution in [0.3, 0.4) is 0 Å². The molecule has 0 spiro atoms. The maximum Gasteiger partial charge on any atom is 0.434 e. The number of nitrogens with one attached hydrogen (secondary N) is 3. The Kier molecular flexibility index (Phi) is 5.83. The Morgan fingerprint density at radius 1 is 1.16 bits per heavy atom.